The molecule has 3 aromatic rings. The van der Waals surface area contributed by atoms with Gasteiger partial charge in [-0.3, -0.25) is 4.79 Å². The molecule has 0 spiro atoms. The van der Waals surface area contributed by atoms with Crippen molar-refractivity contribution in [2.75, 3.05) is 4.90 Å². The summed E-state index contributed by atoms with van der Waals surface area (Å²) in [6.45, 7) is 0.114. The molecule has 0 aliphatic carbocycles. The van der Waals surface area contributed by atoms with Crippen molar-refractivity contribution in [2.24, 2.45) is 0 Å². The summed E-state index contributed by atoms with van der Waals surface area (Å²) >= 11 is 18.7. The van der Waals surface area contributed by atoms with Gasteiger partial charge >= 0.3 is 12.0 Å². The lowest BCUT2D eigenvalue weighted by Gasteiger charge is -2.12. The quantitative estimate of drug-likeness (QED) is 0.308. The number of carbonyl (C=O) groups excluding carboxylic acids is 2. The molecule has 10 heteroatoms. The van der Waals surface area contributed by atoms with Gasteiger partial charge in [0, 0.05) is 5.02 Å². The maximum Gasteiger partial charge on any atom is 0.335 e. The number of imide groups is 1. The highest BCUT2D eigenvalue weighted by molar-refractivity contribution is 6.37. The molecule has 1 aliphatic rings. The molecule has 172 valence electrons. The lowest BCUT2D eigenvalue weighted by molar-refractivity contribution is -0.113. The summed E-state index contributed by atoms with van der Waals surface area (Å²) in [6, 6.07) is 15.1. The summed E-state index contributed by atoms with van der Waals surface area (Å²) < 4.78 is 5.71. The van der Waals surface area contributed by atoms with Crippen molar-refractivity contribution in [2.45, 2.75) is 6.61 Å². The largest absolute Gasteiger partial charge is 0.486 e. The number of hydrogen-bond acceptors (Lipinski definition) is 4. The number of carboxylic acid groups (broad SMARTS) is 1. The highest BCUT2D eigenvalue weighted by Crippen LogP contribution is 2.36. The molecule has 1 saturated heterocycles. The first-order valence-electron chi connectivity index (χ1n) is 9.79. The average Bonchev–Trinajstić information content (AvgIpc) is 3.06. The van der Waals surface area contributed by atoms with Crippen molar-refractivity contribution in [1.82, 2.24) is 5.32 Å². The molecule has 0 atom stereocenters. The van der Waals surface area contributed by atoms with E-state index in [4.69, 9.17) is 44.6 Å². The van der Waals surface area contributed by atoms with Gasteiger partial charge in [-0.2, -0.15) is 0 Å². The Bertz CT molecular complexity index is 1320. The summed E-state index contributed by atoms with van der Waals surface area (Å²) in [7, 11) is 0. The van der Waals surface area contributed by atoms with Crippen LogP contribution in [0, 0.1) is 0 Å². The number of urea groups is 1. The Morgan fingerprint density at radius 1 is 1.00 bits per heavy atom. The zero-order valence-corrected chi connectivity index (χ0v) is 19.5. The Morgan fingerprint density at radius 2 is 1.68 bits per heavy atom. The molecule has 1 heterocycles. The minimum absolute atomic E-state index is 0.0456. The number of hydrogen-bond donors (Lipinski definition) is 2. The van der Waals surface area contributed by atoms with E-state index in [-0.39, 0.29) is 33.7 Å². The number of nitrogens with one attached hydrogen (secondary N) is 1. The van der Waals surface area contributed by atoms with Crippen LogP contribution in [0.3, 0.4) is 0 Å². The van der Waals surface area contributed by atoms with Crippen LogP contribution >= 0.6 is 34.8 Å². The monoisotopic (exact) mass is 516 g/mol. The van der Waals surface area contributed by atoms with E-state index in [1.54, 1.807) is 42.5 Å². The molecule has 2 N–H and O–H groups in total. The van der Waals surface area contributed by atoms with Crippen molar-refractivity contribution in [3.05, 3.63) is 98.1 Å². The van der Waals surface area contributed by atoms with Crippen molar-refractivity contribution in [3.8, 4) is 5.75 Å². The fourth-order valence-corrected chi connectivity index (χ4v) is 4.05. The van der Waals surface area contributed by atoms with Crippen molar-refractivity contribution >= 4 is 64.5 Å². The van der Waals surface area contributed by atoms with Gasteiger partial charge in [-0.05, 0) is 59.7 Å². The van der Waals surface area contributed by atoms with Gasteiger partial charge in [-0.25, -0.2) is 14.5 Å². The van der Waals surface area contributed by atoms with E-state index in [9.17, 15) is 14.4 Å². The molecular weight excluding hydrogens is 503 g/mol. The Labute approximate surface area is 209 Å². The number of carbonyl (C=O) groups is 3. The first kappa shape index (κ1) is 23.6. The van der Waals surface area contributed by atoms with E-state index in [0.717, 1.165) is 10.5 Å². The van der Waals surface area contributed by atoms with Crippen molar-refractivity contribution < 1.29 is 24.2 Å². The van der Waals surface area contributed by atoms with Gasteiger partial charge in [0.2, 0.25) is 0 Å². The van der Waals surface area contributed by atoms with Crippen LogP contribution < -0.4 is 15.0 Å². The third kappa shape index (κ3) is 5.02. The van der Waals surface area contributed by atoms with Gasteiger partial charge in [0.1, 0.15) is 12.3 Å². The Hall–Kier alpha value is -3.52. The molecule has 4 rings (SSSR count). The summed E-state index contributed by atoms with van der Waals surface area (Å²) in [5, 5.41) is 12.3. The average molecular weight is 518 g/mol. The van der Waals surface area contributed by atoms with Gasteiger partial charge < -0.3 is 15.2 Å². The fraction of sp³-hybridized carbons (Fsp3) is 0.0417. The number of amides is 3. The Morgan fingerprint density at radius 3 is 2.29 bits per heavy atom. The maximum absolute atomic E-state index is 12.8. The summed E-state index contributed by atoms with van der Waals surface area (Å²) in [5.74, 6) is -1.34. The minimum atomic E-state index is -1.02. The predicted octanol–water partition coefficient (Wildman–Crippen LogP) is 6.02. The molecule has 3 aromatic carbocycles. The van der Waals surface area contributed by atoms with Crippen molar-refractivity contribution in [1.29, 1.82) is 0 Å². The zero-order chi connectivity index (χ0) is 24.4. The van der Waals surface area contributed by atoms with Crippen molar-refractivity contribution in [3.63, 3.8) is 0 Å². The second-order valence-corrected chi connectivity index (χ2v) is 8.46. The van der Waals surface area contributed by atoms with Gasteiger partial charge in [0.15, 0.2) is 5.75 Å². The van der Waals surface area contributed by atoms with Crippen LogP contribution in [0.2, 0.25) is 15.1 Å². The van der Waals surface area contributed by atoms with Crippen LogP contribution in [0.4, 0.5) is 10.5 Å². The second-order valence-electron chi connectivity index (χ2n) is 7.21. The third-order valence-electron chi connectivity index (χ3n) is 4.86. The topological polar surface area (TPSA) is 95.9 Å². The molecule has 0 aromatic heterocycles. The van der Waals surface area contributed by atoms with E-state index in [0.29, 0.717) is 16.3 Å². The summed E-state index contributed by atoms with van der Waals surface area (Å²) in [6.07, 6.45) is 1.46. The molecule has 1 aliphatic heterocycles. The minimum Gasteiger partial charge on any atom is -0.486 e. The fourth-order valence-electron chi connectivity index (χ4n) is 3.25. The highest BCUT2D eigenvalue weighted by Gasteiger charge is 2.35. The molecule has 34 heavy (non-hydrogen) atoms. The SMILES string of the molecule is O=C(O)c1ccc(COc2c(Cl)cc(C=C3NC(=O)N(c4cccc(Cl)c4)C3=O)cc2Cl)cc1. The molecule has 0 radical (unpaired) electrons. The molecule has 0 saturated carbocycles. The van der Waals surface area contributed by atoms with Crippen LogP contribution in [0.1, 0.15) is 21.5 Å². The number of ether oxygens (including phenoxy) is 1. The molecule has 0 unspecified atom stereocenters. The number of halogens is 3. The molecule has 7 nitrogen and oxygen atoms in total. The Kier molecular flexibility index (Phi) is 6.79. The predicted molar refractivity (Wildman–Crippen MR) is 130 cm³/mol. The molecular formula is C24H15Cl3N2O5. The number of benzene rings is 3. The first-order chi connectivity index (χ1) is 16.2. The number of aromatic carboxylic acids is 1. The van der Waals surface area contributed by atoms with E-state index < -0.39 is 17.9 Å². The molecule has 3 amide bonds. The van der Waals surface area contributed by atoms with Crippen LogP contribution in [0.15, 0.2) is 66.4 Å². The van der Waals surface area contributed by atoms with Crippen LogP contribution in [0.5, 0.6) is 5.75 Å². The maximum atomic E-state index is 12.8. The number of nitrogens with zero attached hydrogens (tertiary/aromatic N) is 1. The van der Waals surface area contributed by atoms with Crippen LogP contribution in [-0.4, -0.2) is 23.0 Å². The molecule has 0 bridgehead atoms. The molecule has 1 fully saturated rings. The number of carboxylic acids is 1. The number of anilines is 1. The number of rotatable bonds is 6. The normalized spacial score (nSPS) is 14.4. The van der Waals surface area contributed by atoms with Crippen LogP contribution in [0.25, 0.3) is 6.08 Å². The lowest BCUT2D eigenvalue weighted by Crippen LogP contribution is -2.30. The third-order valence-corrected chi connectivity index (χ3v) is 5.66. The van der Waals surface area contributed by atoms with Gasteiger partial charge in [0.25, 0.3) is 5.91 Å². The zero-order valence-electron chi connectivity index (χ0n) is 17.2. The smallest absolute Gasteiger partial charge is 0.335 e. The second kappa shape index (κ2) is 9.77. The van der Waals surface area contributed by atoms with Gasteiger partial charge in [-0.15, -0.1) is 0 Å². The summed E-state index contributed by atoms with van der Waals surface area (Å²) in [4.78, 5) is 37.1. The van der Waals surface area contributed by atoms with E-state index in [2.05, 4.69) is 5.32 Å². The lowest BCUT2D eigenvalue weighted by atomic mass is 10.1. The van der Waals surface area contributed by atoms with E-state index >= 15 is 0 Å². The van der Waals surface area contributed by atoms with E-state index in [1.165, 1.54) is 24.3 Å². The Balaban J connectivity index is 1.52. The summed E-state index contributed by atoms with van der Waals surface area (Å²) in [5.41, 5.74) is 1.76. The van der Waals surface area contributed by atoms with E-state index in [1.807, 2.05) is 0 Å². The standard InChI is InChI=1S/C24H15Cl3N2O5/c25-16-2-1-3-17(11-16)29-22(30)20(28-24(29)33)10-14-8-18(26)21(19(27)9-14)34-12-13-4-6-15(7-5-13)23(31)32/h1-11H,12H2,(H,28,33)(H,31,32). The highest BCUT2D eigenvalue weighted by atomic mass is 35.5. The van der Waals surface area contributed by atoms with Crippen LogP contribution in [-0.2, 0) is 11.4 Å². The van der Waals surface area contributed by atoms with Gasteiger partial charge in [0.05, 0.1) is 21.3 Å². The first-order valence-corrected chi connectivity index (χ1v) is 10.9. The van der Waals surface area contributed by atoms with Gasteiger partial charge in [-0.1, -0.05) is 53.0 Å².